The van der Waals surface area contributed by atoms with Crippen LogP contribution in [0.15, 0.2) is 12.2 Å². The molecule has 0 heterocycles. The van der Waals surface area contributed by atoms with Gasteiger partial charge >= 0.3 is 5.97 Å². The second-order valence-electron chi connectivity index (χ2n) is 15.4. The summed E-state index contributed by atoms with van der Waals surface area (Å²) in [5.41, 5.74) is 3.63. The second kappa shape index (κ2) is 8.10. The topological polar surface area (TPSA) is 26.3 Å². The van der Waals surface area contributed by atoms with E-state index in [1.54, 1.807) is 6.92 Å². The summed E-state index contributed by atoms with van der Waals surface area (Å²) in [5.74, 6) is 3.80. The zero-order chi connectivity index (χ0) is 25.6. The normalized spacial score (nSPS) is 48.3. The molecule has 198 valence electrons. The molecule has 0 aromatic carbocycles. The lowest BCUT2D eigenvalue weighted by molar-refractivity contribution is -0.181. The largest absolute Gasteiger partial charge is 0.462 e. The molecule has 0 radical (unpaired) electrons. The van der Waals surface area contributed by atoms with Crippen molar-refractivity contribution in [1.29, 1.82) is 0 Å². The average molecular weight is 483 g/mol. The molecule has 5 rings (SSSR count). The zero-order valence-corrected chi connectivity index (χ0v) is 24.3. The van der Waals surface area contributed by atoms with Crippen LogP contribution in [0.25, 0.3) is 0 Å². The van der Waals surface area contributed by atoms with Crippen LogP contribution in [0, 0.1) is 56.7 Å². The van der Waals surface area contributed by atoms with Crippen molar-refractivity contribution in [3.63, 3.8) is 0 Å². The molecule has 2 nitrogen and oxygen atoms in total. The highest BCUT2D eigenvalue weighted by Gasteiger charge is 2.82. The number of hydrogen-bond acceptors (Lipinski definition) is 2. The van der Waals surface area contributed by atoms with Crippen molar-refractivity contribution in [2.24, 2.45) is 56.7 Å². The monoisotopic (exact) mass is 482 g/mol. The molecular formula is C33H54O2. The van der Waals surface area contributed by atoms with Gasteiger partial charge in [0.25, 0.3) is 0 Å². The van der Waals surface area contributed by atoms with Crippen molar-refractivity contribution in [3.05, 3.63) is 12.2 Å². The van der Waals surface area contributed by atoms with Gasteiger partial charge in [0.05, 0.1) is 0 Å². The SMILES string of the molecule is C=C(CCC(C)C1CC[C@@]2(C)C3CC[C@H]4C(C)(C)C(OC(C)=O)CCC45CC35CCC12C)C(C)C. The highest BCUT2D eigenvalue weighted by molar-refractivity contribution is 5.66. The van der Waals surface area contributed by atoms with Crippen LogP contribution in [0.1, 0.15) is 126 Å². The van der Waals surface area contributed by atoms with Gasteiger partial charge in [-0.05, 0) is 122 Å². The molecule has 9 atom stereocenters. The highest BCUT2D eigenvalue weighted by Crippen LogP contribution is 2.89. The first-order valence-electron chi connectivity index (χ1n) is 15.1. The summed E-state index contributed by atoms with van der Waals surface area (Å²) in [6.45, 7) is 23.4. The third kappa shape index (κ3) is 3.35. The Labute approximate surface area is 216 Å². The molecule has 2 heteroatoms. The zero-order valence-electron chi connectivity index (χ0n) is 24.3. The van der Waals surface area contributed by atoms with Crippen molar-refractivity contribution < 1.29 is 9.53 Å². The van der Waals surface area contributed by atoms with E-state index < -0.39 is 0 Å². The summed E-state index contributed by atoms with van der Waals surface area (Å²) in [6, 6.07) is 0. The first kappa shape index (κ1) is 25.8. The number of ether oxygens (including phenoxy) is 1. The van der Waals surface area contributed by atoms with Crippen LogP contribution in [0.4, 0.5) is 0 Å². The number of allylic oxidation sites excluding steroid dienone is 1. The number of carbonyl (C=O) groups is 1. The molecule has 5 fully saturated rings. The average Bonchev–Trinajstić information content (AvgIpc) is 3.36. The van der Waals surface area contributed by atoms with Crippen LogP contribution in [0.5, 0.6) is 0 Å². The molecule has 0 bridgehead atoms. The van der Waals surface area contributed by atoms with Gasteiger partial charge in [0.2, 0.25) is 0 Å². The van der Waals surface area contributed by atoms with Crippen LogP contribution < -0.4 is 0 Å². The third-order valence-corrected chi connectivity index (χ3v) is 13.8. The van der Waals surface area contributed by atoms with E-state index in [1.807, 2.05) is 0 Å². The predicted molar refractivity (Wildman–Crippen MR) is 145 cm³/mol. The Morgan fingerprint density at radius 2 is 1.54 bits per heavy atom. The molecule has 0 saturated heterocycles. The third-order valence-electron chi connectivity index (χ3n) is 13.8. The lowest BCUT2D eigenvalue weighted by Gasteiger charge is -2.63. The minimum absolute atomic E-state index is 0.0951. The lowest BCUT2D eigenvalue weighted by atomic mass is 9.41. The lowest BCUT2D eigenvalue weighted by Crippen LogP contribution is -2.58. The maximum Gasteiger partial charge on any atom is 0.302 e. The van der Waals surface area contributed by atoms with Gasteiger partial charge in [0.15, 0.2) is 0 Å². The molecular weight excluding hydrogens is 428 g/mol. The van der Waals surface area contributed by atoms with E-state index >= 15 is 0 Å². The maximum atomic E-state index is 11.9. The smallest absolute Gasteiger partial charge is 0.302 e. The Kier molecular flexibility index (Phi) is 5.98. The van der Waals surface area contributed by atoms with Crippen LogP contribution in [-0.4, -0.2) is 12.1 Å². The summed E-state index contributed by atoms with van der Waals surface area (Å²) >= 11 is 0. The van der Waals surface area contributed by atoms with E-state index in [0.717, 1.165) is 30.1 Å². The standard InChI is InChI=1S/C33H54O2/c1-21(2)22(3)10-11-23(4)25-14-16-31(9)27-13-12-26-29(6,7)28(35-24(5)34)15-17-32(26)20-33(27,32)19-18-30(25,31)8/h21,23,25-28H,3,10-20H2,1-2,4-9H3/t23?,25?,26-,27?,28?,30?,31-,32?,33?/m0/s1. The van der Waals surface area contributed by atoms with E-state index in [1.165, 1.54) is 69.8 Å². The molecule has 5 aliphatic carbocycles. The number of esters is 1. The molecule has 0 amide bonds. The van der Waals surface area contributed by atoms with Crippen LogP contribution in [0.2, 0.25) is 0 Å². The van der Waals surface area contributed by atoms with Crippen LogP contribution >= 0.6 is 0 Å². The predicted octanol–water partition coefficient (Wildman–Crippen LogP) is 8.99. The second-order valence-corrected chi connectivity index (χ2v) is 15.4. The molecule has 5 aliphatic rings. The highest BCUT2D eigenvalue weighted by atomic mass is 16.5. The Hall–Kier alpha value is -0.790. The number of fused-ring (bicyclic) bond motifs is 2. The quantitative estimate of drug-likeness (QED) is 0.279. The molecule has 0 N–H and O–H groups in total. The summed E-state index contributed by atoms with van der Waals surface area (Å²) in [7, 11) is 0. The van der Waals surface area contributed by atoms with Crippen molar-refractivity contribution in [1.82, 2.24) is 0 Å². The van der Waals surface area contributed by atoms with Gasteiger partial charge in [-0.1, -0.05) is 60.6 Å². The van der Waals surface area contributed by atoms with Crippen molar-refractivity contribution in [2.75, 3.05) is 0 Å². The van der Waals surface area contributed by atoms with E-state index in [4.69, 9.17) is 4.74 Å². The Morgan fingerprint density at radius 1 is 0.886 bits per heavy atom. The van der Waals surface area contributed by atoms with E-state index in [2.05, 4.69) is 55.0 Å². The van der Waals surface area contributed by atoms with Gasteiger partial charge < -0.3 is 4.74 Å². The first-order chi connectivity index (χ1) is 16.3. The summed E-state index contributed by atoms with van der Waals surface area (Å²) in [5, 5.41) is 0. The summed E-state index contributed by atoms with van der Waals surface area (Å²) in [4.78, 5) is 11.9. The summed E-state index contributed by atoms with van der Waals surface area (Å²) in [6.07, 6.45) is 15.0. The van der Waals surface area contributed by atoms with Crippen molar-refractivity contribution in [2.45, 2.75) is 132 Å². The number of hydrogen-bond donors (Lipinski definition) is 0. The van der Waals surface area contributed by atoms with Crippen LogP contribution in [-0.2, 0) is 9.53 Å². The van der Waals surface area contributed by atoms with E-state index in [-0.39, 0.29) is 17.5 Å². The van der Waals surface area contributed by atoms with Gasteiger partial charge in [-0.3, -0.25) is 4.79 Å². The molecule has 0 aromatic heterocycles. The number of carbonyl (C=O) groups excluding carboxylic acids is 1. The molecule has 0 aromatic rings. The van der Waals surface area contributed by atoms with Crippen molar-refractivity contribution >= 4 is 5.97 Å². The van der Waals surface area contributed by atoms with Gasteiger partial charge in [-0.15, -0.1) is 0 Å². The van der Waals surface area contributed by atoms with E-state index in [9.17, 15) is 4.79 Å². The maximum absolute atomic E-state index is 11.9. The molecule has 35 heavy (non-hydrogen) atoms. The summed E-state index contributed by atoms with van der Waals surface area (Å²) < 4.78 is 5.91. The van der Waals surface area contributed by atoms with E-state index in [0.29, 0.717) is 27.6 Å². The minimum atomic E-state index is -0.0951. The van der Waals surface area contributed by atoms with Gasteiger partial charge in [-0.2, -0.15) is 0 Å². The van der Waals surface area contributed by atoms with Crippen LogP contribution in [0.3, 0.4) is 0 Å². The Morgan fingerprint density at radius 3 is 2.20 bits per heavy atom. The molecule has 7 unspecified atom stereocenters. The molecule has 0 aliphatic heterocycles. The fourth-order valence-corrected chi connectivity index (χ4v) is 11.6. The van der Waals surface area contributed by atoms with Gasteiger partial charge in [-0.25, -0.2) is 0 Å². The minimum Gasteiger partial charge on any atom is -0.462 e. The Bertz CT molecular complexity index is 886. The molecule has 2 spiro atoms. The number of rotatable bonds is 6. The fourth-order valence-electron chi connectivity index (χ4n) is 11.6. The first-order valence-corrected chi connectivity index (χ1v) is 15.1. The fraction of sp³-hybridized carbons (Fsp3) is 0.909. The Balaban J connectivity index is 1.37. The van der Waals surface area contributed by atoms with Gasteiger partial charge in [0.1, 0.15) is 6.10 Å². The van der Waals surface area contributed by atoms with Gasteiger partial charge in [0, 0.05) is 12.3 Å². The molecule has 5 saturated carbocycles. The van der Waals surface area contributed by atoms with Crippen molar-refractivity contribution in [3.8, 4) is 0 Å².